The number of nitrogens with one attached hydrogen (secondary N) is 1. The predicted molar refractivity (Wildman–Crippen MR) is 90.2 cm³/mol. The SMILES string of the molecule is Cn1ccnc1[C@H]1CCN(c2nc3ccc(S(N)(=O)=O)cc3[nH]2)C1. The second-order valence-corrected chi connectivity index (χ2v) is 7.67. The molecule has 1 aromatic carbocycles. The van der Waals surface area contributed by atoms with Gasteiger partial charge < -0.3 is 14.5 Å². The Morgan fingerprint density at radius 3 is 2.92 bits per heavy atom. The molecule has 24 heavy (non-hydrogen) atoms. The van der Waals surface area contributed by atoms with E-state index >= 15 is 0 Å². The van der Waals surface area contributed by atoms with Crippen molar-refractivity contribution in [2.24, 2.45) is 12.2 Å². The van der Waals surface area contributed by atoms with Gasteiger partial charge in [0, 0.05) is 38.4 Å². The lowest BCUT2D eigenvalue weighted by molar-refractivity contribution is 0.598. The van der Waals surface area contributed by atoms with Crippen LogP contribution in [-0.4, -0.2) is 41.0 Å². The van der Waals surface area contributed by atoms with E-state index in [1.165, 1.54) is 12.1 Å². The molecule has 3 N–H and O–H groups in total. The van der Waals surface area contributed by atoms with Crippen molar-refractivity contribution in [3.63, 3.8) is 0 Å². The van der Waals surface area contributed by atoms with E-state index in [1.54, 1.807) is 6.07 Å². The molecular weight excluding hydrogens is 328 g/mol. The van der Waals surface area contributed by atoms with Crippen LogP contribution in [0.2, 0.25) is 0 Å². The number of aryl methyl sites for hydroxylation is 1. The maximum Gasteiger partial charge on any atom is 0.238 e. The van der Waals surface area contributed by atoms with Crippen molar-refractivity contribution in [1.82, 2.24) is 19.5 Å². The van der Waals surface area contributed by atoms with E-state index < -0.39 is 10.0 Å². The quantitative estimate of drug-likeness (QED) is 0.733. The zero-order chi connectivity index (χ0) is 16.9. The smallest absolute Gasteiger partial charge is 0.238 e. The molecule has 1 saturated heterocycles. The summed E-state index contributed by atoms with van der Waals surface area (Å²) in [4.78, 5) is 14.4. The van der Waals surface area contributed by atoms with E-state index in [1.807, 2.05) is 24.0 Å². The minimum atomic E-state index is -3.72. The Morgan fingerprint density at radius 1 is 1.38 bits per heavy atom. The molecule has 0 aliphatic carbocycles. The number of nitrogens with zero attached hydrogens (tertiary/aromatic N) is 4. The molecule has 4 rings (SSSR count). The maximum atomic E-state index is 11.5. The fourth-order valence-corrected chi connectivity index (χ4v) is 3.78. The maximum absolute atomic E-state index is 11.5. The van der Waals surface area contributed by atoms with Crippen LogP contribution in [-0.2, 0) is 17.1 Å². The summed E-state index contributed by atoms with van der Waals surface area (Å²) < 4.78 is 25.0. The van der Waals surface area contributed by atoms with Crippen LogP contribution < -0.4 is 10.0 Å². The number of fused-ring (bicyclic) bond motifs is 1. The fraction of sp³-hybridized carbons (Fsp3) is 0.333. The van der Waals surface area contributed by atoms with Gasteiger partial charge >= 0.3 is 0 Å². The van der Waals surface area contributed by atoms with Gasteiger partial charge in [0.25, 0.3) is 0 Å². The molecule has 0 spiro atoms. The van der Waals surface area contributed by atoms with E-state index in [0.717, 1.165) is 36.8 Å². The number of sulfonamides is 1. The molecule has 0 bridgehead atoms. The van der Waals surface area contributed by atoms with Crippen LogP contribution in [0, 0.1) is 0 Å². The topological polar surface area (TPSA) is 110 Å². The molecule has 3 heterocycles. The van der Waals surface area contributed by atoms with Crippen molar-refractivity contribution in [3.8, 4) is 0 Å². The highest BCUT2D eigenvalue weighted by molar-refractivity contribution is 7.89. The van der Waals surface area contributed by atoms with Gasteiger partial charge in [0.2, 0.25) is 16.0 Å². The number of aromatic nitrogens is 4. The third kappa shape index (κ3) is 2.55. The highest BCUT2D eigenvalue weighted by atomic mass is 32.2. The zero-order valence-electron chi connectivity index (χ0n) is 13.2. The van der Waals surface area contributed by atoms with E-state index in [-0.39, 0.29) is 4.90 Å². The Balaban J connectivity index is 1.62. The number of primary sulfonamides is 1. The first-order valence-electron chi connectivity index (χ1n) is 7.66. The number of H-pyrrole nitrogens is 1. The average Bonchev–Trinajstić information content (AvgIpc) is 3.23. The molecule has 2 aromatic heterocycles. The van der Waals surface area contributed by atoms with Crippen molar-refractivity contribution in [2.75, 3.05) is 18.0 Å². The molecule has 0 radical (unpaired) electrons. The summed E-state index contributed by atoms with van der Waals surface area (Å²) in [5.41, 5.74) is 1.38. The second kappa shape index (κ2) is 5.32. The molecule has 8 nitrogen and oxygen atoms in total. The summed E-state index contributed by atoms with van der Waals surface area (Å²) in [6.45, 7) is 1.70. The van der Waals surface area contributed by atoms with Gasteiger partial charge in [-0.1, -0.05) is 0 Å². The predicted octanol–water partition coefficient (Wildman–Crippen LogP) is 0.938. The molecule has 0 amide bonds. The molecule has 1 fully saturated rings. The fourth-order valence-electron chi connectivity index (χ4n) is 3.24. The van der Waals surface area contributed by atoms with Crippen molar-refractivity contribution in [3.05, 3.63) is 36.4 Å². The minimum absolute atomic E-state index is 0.0810. The Hall–Kier alpha value is -2.39. The third-order valence-electron chi connectivity index (χ3n) is 4.48. The van der Waals surface area contributed by atoms with Gasteiger partial charge in [-0.05, 0) is 24.6 Å². The van der Waals surface area contributed by atoms with Crippen LogP contribution in [0.5, 0.6) is 0 Å². The number of hydrogen-bond donors (Lipinski definition) is 2. The monoisotopic (exact) mass is 346 g/mol. The average molecular weight is 346 g/mol. The normalized spacial score (nSPS) is 18.6. The van der Waals surface area contributed by atoms with Crippen molar-refractivity contribution in [1.29, 1.82) is 0 Å². The van der Waals surface area contributed by atoms with E-state index in [4.69, 9.17) is 5.14 Å². The molecule has 0 unspecified atom stereocenters. The summed E-state index contributed by atoms with van der Waals surface area (Å²) in [7, 11) is -1.72. The van der Waals surface area contributed by atoms with Gasteiger partial charge in [-0.2, -0.15) is 0 Å². The number of nitrogens with two attached hydrogens (primary N) is 1. The van der Waals surface area contributed by atoms with Crippen LogP contribution in [0.15, 0.2) is 35.5 Å². The lowest BCUT2D eigenvalue weighted by Gasteiger charge is -2.14. The van der Waals surface area contributed by atoms with Crippen LogP contribution in [0.1, 0.15) is 18.2 Å². The van der Waals surface area contributed by atoms with Crippen molar-refractivity contribution < 1.29 is 8.42 Å². The summed E-state index contributed by atoms with van der Waals surface area (Å²) in [6.07, 6.45) is 4.77. The van der Waals surface area contributed by atoms with Crippen LogP contribution in [0.4, 0.5) is 5.95 Å². The lowest BCUT2D eigenvalue weighted by Crippen LogP contribution is -2.21. The number of rotatable bonds is 3. The molecule has 1 aliphatic heterocycles. The highest BCUT2D eigenvalue weighted by Crippen LogP contribution is 2.29. The molecule has 126 valence electrons. The van der Waals surface area contributed by atoms with Gasteiger partial charge in [0.15, 0.2) is 0 Å². The van der Waals surface area contributed by atoms with Crippen LogP contribution in [0.25, 0.3) is 11.0 Å². The number of imidazole rings is 2. The second-order valence-electron chi connectivity index (χ2n) is 6.11. The Labute approximate surface area is 139 Å². The van der Waals surface area contributed by atoms with E-state index in [2.05, 4.69) is 19.9 Å². The molecule has 0 saturated carbocycles. The number of benzene rings is 1. The minimum Gasteiger partial charge on any atom is -0.342 e. The molecule has 3 aromatic rings. The summed E-state index contributed by atoms with van der Waals surface area (Å²) >= 11 is 0. The van der Waals surface area contributed by atoms with Gasteiger partial charge in [0.1, 0.15) is 5.82 Å². The van der Waals surface area contributed by atoms with Gasteiger partial charge in [-0.3, -0.25) is 0 Å². The number of aromatic amines is 1. The van der Waals surface area contributed by atoms with Crippen molar-refractivity contribution in [2.45, 2.75) is 17.2 Å². The Morgan fingerprint density at radius 2 is 2.21 bits per heavy atom. The van der Waals surface area contributed by atoms with Gasteiger partial charge in [-0.15, -0.1) is 0 Å². The summed E-state index contributed by atoms with van der Waals surface area (Å²) in [5, 5.41) is 5.18. The van der Waals surface area contributed by atoms with Crippen LogP contribution in [0.3, 0.4) is 0 Å². The zero-order valence-corrected chi connectivity index (χ0v) is 14.0. The largest absolute Gasteiger partial charge is 0.342 e. The Kier molecular flexibility index (Phi) is 3.36. The molecule has 1 atom stereocenters. The van der Waals surface area contributed by atoms with E-state index in [9.17, 15) is 8.42 Å². The Bertz CT molecular complexity index is 1010. The highest BCUT2D eigenvalue weighted by Gasteiger charge is 2.28. The number of hydrogen-bond acceptors (Lipinski definition) is 5. The van der Waals surface area contributed by atoms with Gasteiger partial charge in [0.05, 0.1) is 15.9 Å². The van der Waals surface area contributed by atoms with Crippen LogP contribution >= 0.6 is 0 Å². The van der Waals surface area contributed by atoms with Crippen molar-refractivity contribution >= 4 is 27.0 Å². The first kappa shape index (κ1) is 15.2. The third-order valence-corrected chi connectivity index (χ3v) is 5.39. The summed E-state index contributed by atoms with van der Waals surface area (Å²) in [6, 6.07) is 4.66. The molecule has 1 aliphatic rings. The lowest BCUT2D eigenvalue weighted by atomic mass is 10.1. The molecular formula is C15H18N6O2S. The molecule has 9 heteroatoms. The van der Waals surface area contributed by atoms with E-state index in [0.29, 0.717) is 11.4 Å². The van der Waals surface area contributed by atoms with Gasteiger partial charge in [-0.25, -0.2) is 23.5 Å². The standard InChI is InChI=1S/C15H18N6O2S/c1-20-7-5-17-14(20)10-4-6-21(9-10)15-18-12-3-2-11(24(16,22)23)8-13(12)19-15/h2-3,5,7-8,10H,4,6,9H2,1H3,(H,18,19)(H2,16,22,23)/t10-/m0/s1. The number of anilines is 1. The summed E-state index contributed by atoms with van der Waals surface area (Å²) in [5.74, 6) is 2.18. The first-order valence-corrected chi connectivity index (χ1v) is 9.21. The first-order chi connectivity index (χ1) is 11.4.